The Morgan fingerprint density at radius 3 is 2.31 bits per heavy atom. The van der Waals surface area contributed by atoms with Crippen molar-refractivity contribution in [3.05, 3.63) is 143 Å². The molecule has 10 heteroatoms. The lowest BCUT2D eigenvalue weighted by Crippen LogP contribution is -2.16. The predicted molar refractivity (Wildman–Crippen MR) is 183 cm³/mol. The number of nitrogens with one attached hydrogen (secondary N) is 1. The maximum absolute atomic E-state index is 12.7. The summed E-state index contributed by atoms with van der Waals surface area (Å²) in [5, 5.41) is 13.3. The van der Waals surface area contributed by atoms with Crippen LogP contribution in [0, 0.1) is 13.8 Å². The molecule has 0 bridgehead atoms. The number of aryl methyl sites for hydroxylation is 2. The molecule has 2 N–H and O–H groups in total. The molecule has 2 heterocycles. The Kier molecular flexibility index (Phi) is 10.8. The number of hydrogen-bond acceptors (Lipinski definition) is 7. The van der Waals surface area contributed by atoms with E-state index in [0.717, 1.165) is 28.2 Å². The molecule has 0 aliphatic rings. The van der Waals surface area contributed by atoms with E-state index in [4.69, 9.17) is 23.7 Å². The summed E-state index contributed by atoms with van der Waals surface area (Å²) in [5.74, 6) is 0.833. The Morgan fingerprint density at radius 1 is 0.917 bits per heavy atom. The molecule has 48 heavy (non-hydrogen) atoms. The zero-order valence-electron chi connectivity index (χ0n) is 27.1. The third-order valence-corrected chi connectivity index (χ3v) is 7.41. The fourth-order valence-electron chi connectivity index (χ4n) is 5.11. The molecule has 3 aromatic carbocycles. The van der Waals surface area contributed by atoms with Crippen LogP contribution in [-0.4, -0.2) is 34.4 Å². The maximum Gasteiger partial charge on any atom is 0.335 e. The Balaban J connectivity index is 1.19. The van der Waals surface area contributed by atoms with E-state index < -0.39 is 11.9 Å². The standard InChI is InChI=1S/C38H37N3O7/c1-5-7-30-20-28(21-35(45-6-2)36(30)47-23-27-10-12-29(13-11-27)38(43)44)22-39-40-37(42)34-19-18-33(48-34)24-46-32-16-14-31(15-17-32)41-25(3)8-9-26(41)4/h5,8-22H,1,6-7,23-24H2,2-4H3,(H,40,42)(H,43,44)/b39-22+. The fraction of sp³-hybridized carbons (Fsp3) is 0.184. The van der Waals surface area contributed by atoms with Gasteiger partial charge >= 0.3 is 11.9 Å². The quantitative estimate of drug-likeness (QED) is 0.0688. The number of rotatable bonds is 15. The van der Waals surface area contributed by atoms with E-state index in [1.54, 1.807) is 36.4 Å². The van der Waals surface area contributed by atoms with Crippen molar-refractivity contribution in [1.29, 1.82) is 0 Å². The minimum absolute atomic E-state index is 0.0992. The first kappa shape index (κ1) is 33.3. The summed E-state index contributed by atoms with van der Waals surface area (Å²) in [7, 11) is 0. The summed E-state index contributed by atoms with van der Waals surface area (Å²) in [6, 6.07) is 25.3. The van der Waals surface area contributed by atoms with E-state index in [-0.39, 0.29) is 24.5 Å². The van der Waals surface area contributed by atoms with Crippen molar-refractivity contribution >= 4 is 18.1 Å². The lowest BCUT2D eigenvalue weighted by Gasteiger charge is -2.17. The number of carboxylic acids is 1. The molecule has 0 fully saturated rings. The first-order chi connectivity index (χ1) is 23.2. The summed E-state index contributed by atoms with van der Waals surface area (Å²) in [5.41, 5.74) is 8.36. The molecular weight excluding hydrogens is 610 g/mol. The van der Waals surface area contributed by atoms with Crippen molar-refractivity contribution in [2.24, 2.45) is 5.10 Å². The number of carbonyl (C=O) groups excluding carboxylic acids is 1. The molecule has 0 saturated heterocycles. The van der Waals surface area contributed by atoms with Gasteiger partial charge in [0.15, 0.2) is 17.3 Å². The highest BCUT2D eigenvalue weighted by molar-refractivity contribution is 5.92. The molecule has 246 valence electrons. The average Bonchev–Trinajstić information content (AvgIpc) is 3.70. The molecule has 0 radical (unpaired) electrons. The molecule has 2 aromatic heterocycles. The van der Waals surface area contributed by atoms with Crippen molar-refractivity contribution in [3.8, 4) is 22.9 Å². The average molecular weight is 648 g/mol. The van der Waals surface area contributed by atoms with Gasteiger partial charge in [-0.3, -0.25) is 4.79 Å². The largest absolute Gasteiger partial charge is 0.490 e. The number of benzene rings is 3. The van der Waals surface area contributed by atoms with Gasteiger partial charge in [-0.2, -0.15) is 5.10 Å². The number of aromatic nitrogens is 1. The van der Waals surface area contributed by atoms with E-state index in [9.17, 15) is 9.59 Å². The molecule has 0 aliphatic carbocycles. The van der Waals surface area contributed by atoms with Crippen LogP contribution in [0.25, 0.3) is 5.69 Å². The van der Waals surface area contributed by atoms with Gasteiger partial charge in [0.05, 0.1) is 18.4 Å². The smallest absolute Gasteiger partial charge is 0.335 e. The van der Waals surface area contributed by atoms with Gasteiger partial charge in [-0.1, -0.05) is 18.2 Å². The number of nitrogens with zero attached hydrogens (tertiary/aromatic N) is 2. The topological polar surface area (TPSA) is 125 Å². The summed E-state index contributed by atoms with van der Waals surface area (Å²) >= 11 is 0. The van der Waals surface area contributed by atoms with Crippen molar-refractivity contribution < 1.29 is 33.3 Å². The summed E-state index contributed by atoms with van der Waals surface area (Å²) in [6.45, 7) is 10.6. The van der Waals surface area contributed by atoms with Crippen LogP contribution in [0.5, 0.6) is 17.2 Å². The van der Waals surface area contributed by atoms with Gasteiger partial charge in [0, 0.05) is 22.6 Å². The summed E-state index contributed by atoms with van der Waals surface area (Å²) in [6.07, 6.45) is 3.75. The number of furan rings is 1. The predicted octanol–water partition coefficient (Wildman–Crippen LogP) is 7.43. The SMILES string of the molecule is C=CCc1cc(/C=N/NC(=O)c2ccc(COc3ccc(-n4c(C)ccc4C)cc3)o2)cc(OCC)c1OCc1ccc(C(=O)O)cc1. The zero-order chi connectivity index (χ0) is 34.0. The van der Waals surface area contributed by atoms with Crippen LogP contribution >= 0.6 is 0 Å². The van der Waals surface area contributed by atoms with Gasteiger partial charge in [-0.15, -0.1) is 6.58 Å². The van der Waals surface area contributed by atoms with Crippen LogP contribution in [0.3, 0.4) is 0 Å². The van der Waals surface area contributed by atoms with Crippen molar-refractivity contribution in [2.75, 3.05) is 6.61 Å². The number of carboxylic acid groups (broad SMARTS) is 1. The Morgan fingerprint density at radius 2 is 1.65 bits per heavy atom. The number of hydrazone groups is 1. The van der Waals surface area contributed by atoms with Gasteiger partial charge in [-0.25, -0.2) is 10.2 Å². The van der Waals surface area contributed by atoms with Crippen molar-refractivity contribution in [1.82, 2.24) is 9.99 Å². The highest BCUT2D eigenvalue weighted by Crippen LogP contribution is 2.34. The monoisotopic (exact) mass is 647 g/mol. The molecule has 5 rings (SSSR count). The van der Waals surface area contributed by atoms with E-state index in [2.05, 4.69) is 47.7 Å². The van der Waals surface area contributed by atoms with Gasteiger partial charge in [0.25, 0.3) is 0 Å². The van der Waals surface area contributed by atoms with Crippen LogP contribution in [0.15, 0.2) is 107 Å². The number of amides is 1. The van der Waals surface area contributed by atoms with Crippen LogP contribution in [0.4, 0.5) is 0 Å². The number of ether oxygens (including phenoxy) is 3. The van der Waals surface area contributed by atoms with Crippen LogP contribution < -0.4 is 19.6 Å². The van der Waals surface area contributed by atoms with Crippen LogP contribution in [0.1, 0.15) is 61.7 Å². The van der Waals surface area contributed by atoms with E-state index >= 15 is 0 Å². The number of aromatic carboxylic acids is 1. The molecule has 0 saturated carbocycles. The number of hydrogen-bond donors (Lipinski definition) is 2. The summed E-state index contributed by atoms with van der Waals surface area (Å²) in [4.78, 5) is 23.9. The molecule has 5 aromatic rings. The van der Waals surface area contributed by atoms with E-state index in [1.165, 1.54) is 18.3 Å². The lowest BCUT2D eigenvalue weighted by molar-refractivity contribution is 0.0696. The van der Waals surface area contributed by atoms with Gasteiger partial charge < -0.3 is 28.3 Å². The maximum atomic E-state index is 12.7. The minimum atomic E-state index is -0.988. The highest BCUT2D eigenvalue weighted by Gasteiger charge is 2.15. The third kappa shape index (κ3) is 8.21. The van der Waals surface area contributed by atoms with E-state index in [0.29, 0.717) is 41.6 Å². The minimum Gasteiger partial charge on any atom is -0.490 e. The Bertz CT molecular complexity index is 1900. The third-order valence-electron chi connectivity index (χ3n) is 7.41. The molecule has 10 nitrogen and oxygen atoms in total. The van der Waals surface area contributed by atoms with Crippen LogP contribution in [0.2, 0.25) is 0 Å². The Labute approximate surface area is 278 Å². The van der Waals surface area contributed by atoms with E-state index in [1.807, 2.05) is 37.3 Å². The van der Waals surface area contributed by atoms with Crippen molar-refractivity contribution in [3.63, 3.8) is 0 Å². The Hall–Kier alpha value is -6.03. The second kappa shape index (κ2) is 15.5. The molecule has 0 atom stereocenters. The summed E-state index contributed by atoms with van der Waals surface area (Å²) < 4.78 is 25.7. The number of carbonyl (C=O) groups is 2. The molecule has 0 aliphatic heterocycles. The normalized spacial score (nSPS) is 11.0. The number of allylic oxidation sites excluding steroid dienone is 1. The molecular formula is C38H37N3O7. The van der Waals surface area contributed by atoms with Crippen molar-refractivity contribution in [2.45, 2.75) is 40.4 Å². The van der Waals surface area contributed by atoms with Gasteiger partial charge in [0.2, 0.25) is 0 Å². The molecule has 0 unspecified atom stereocenters. The second-order valence-corrected chi connectivity index (χ2v) is 10.9. The van der Waals surface area contributed by atoms with Gasteiger partial charge in [-0.05, 0) is 111 Å². The molecule has 1 amide bonds. The first-order valence-corrected chi connectivity index (χ1v) is 15.4. The van der Waals surface area contributed by atoms with Gasteiger partial charge in [0.1, 0.15) is 24.7 Å². The zero-order valence-corrected chi connectivity index (χ0v) is 27.1. The second-order valence-electron chi connectivity index (χ2n) is 10.9. The molecule has 0 spiro atoms. The fourth-order valence-corrected chi connectivity index (χ4v) is 5.11. The van der Waals surface area contributed by atoms with Crippen LogP contribution in [-0.2, 0) is 19.6 Å². The highest BCUT2D eigenvalue weighted by atomic mass is 16.5. The first-order valence-electron chi connectivity index (χ1n) is 15.4. The lowest BCUT2D eigenvalue weighted by atomic mass is 10.1.